The number of pyridine rings is 1. The number of para-hydroxylation sites is 1. The van der Waals surface area contributed by atoms with Crippen molar-refractivity contribution in [2.75, 3.05) is 6.54 Å². The highest BCUT2D eigenvalue weighted by atomic mass is 16.1. The first-order chi connectivity index (χ1) is 11.8. The van der Waals surface area contributed by atoms with Crippen LogP contribution in [0.4, 0.5) is 0 Å². The normalized spacial score (nSPS) is 15.9. The first kappa shape index (κ1) is 14.9. The highest BCUT2D eigenvalue weighted by molar-refractivity contribution is 6.13. The van der Waals surface area contributed by atoms with E-state index in [1.807, 2.05) is 42.5 Å². The van der Waals surface area contributed by atoms with Gasteiger partial charge in [0.2, 0.25) is 0 Å². The van der Waals surface area contributed by atoms with Crippen molar-refractivity contribution in [3.05, 3.63) is 58.4 Å². The topological polar surface area (TPSA) is 51.1 Å². The van der Waals surface area contributed by atoms with Gasteiger partial charge in [-0.15, -0.1) is 0 Å². The number of aryl methyl sites for hydroxylation is 1. The molecule has 122 valence electrons. The Bertz CT molecular complexity index is 988. The Labute approximate surface area is 140 Å². The van der Waals surface area contributed by atoms with E-state index >= 15 is 0 Å². The molecule has 1 aliphatic rings. The van der Waals surface area contributed by atoms with Crippen LogP contribution < -0.4 is 10.9 Å². The minimum absolute atomic E-state index is 0.00223. The summed E-state index contributed by atoms with van der Waals surface area (Å²) in [5.74, 6) is -0.0917. The van der Waals surface area contributed by atoms with E-state index in [0.717, 1.165) is 47.4 Å². The minimum Gasteiger partial charge on any atom is -0.352 e. The van der Waals surface area contributed by atoms with E-state index in [0.29, 0.717) is 18.7 Å². The Balaban J connectivity index is 2.12. The number of nitrogens with one attached hydrogen (secondary N) is 1. The minimum atomic E-state index is -0.0917. The van der Waals surface area contributed by atoms with Crippen molar-refractivity contribution in [2.24, 2.45) is 0 Å². The Morgan fingerprint density at radius 1 is 0.792 bits per heavy atom. The summed E-state index contributed by atoms with van der Waals surface area (Å²) in [4.78, 5) is 25.7. The van der Waals surface area contributed by atoms with Gasteiger partial charge >= 0.3 is 0 Å². The second-order valence-corrected chi connectivity index (χ2v) is 6.37. The lowest BCUT2D eigenvalue weighted by Gasteiger charge is -2.15. The Kier molecular flexibility index (Phi) is 3.81. The lowest BCUT2D eigenvalue weighted by Crippen LogP contribution is -2.27. The van der Waals surface area contributed by atoms with Gasteiger partial charge < -0.3 is 9.88 Å². The van der Waals surface area contributed by atoms with Gasteiger partial charge in [0.15, 0.2) is 0 Å². The zero-order chi connectivity index (χ0) is 16.5. The number of aromatic nitrogens is 1. The lowest BCUT2D eigenvalue weighted by molar-refractivity contribution is 0.0954. The molecule has 1 aliphatic heterocycles. The van der Waals surface area contributed by atoms with Gasteiger partial charge in [0, 0.05) is 23.9 Å². The molecule has 0 spiro atoms. The molecule has 4 heteroatoms. The third-order valence-corrected chi connectivity index (χ3v) is 4.84. The molecule has 0 aliphatic carbocycles. The van der Waals surface area contributed by atoms with E-state index in [-0.39, 0.29) is 11.5 Å². The second kappa shape index (κ2) is 6.11. The highest BCUT2D eigenvalue weighted by Crippen LogP contribution is 2.26. The Hall–Kier alpha value is -2.62. The molecule has 0 radical (unpaired) electrons. The second-order valence-electron chi connectivity index (χ2n) is 6.37. The maximum absolute atomic E-state index is 13.0. The van der Waals surface area contributed by atoms with Gasteiger partial charge in [-0.3, -0.25) is 9.59 Å². The monoisotopic (exact) mass is 320 g/mol. The van der Waals surface area contributed by atoms with E-state index < -0.39 is 0 Å². The van der Waals surface area contributed by atoms with Crippen molar-refractivity contribution >= 4 is 27.6 Å². The largest absolute Gasteiger partial charge is 0.352 e. The fourth-order valence-corrected chi connectivity index (χ4v) is 3.65. The van der Waals surface area contributed by atoms with E-state index in [2.05, 4.69) is 5.32 Å². The predicted molar refractivity (Wildman–Crippen MR) is 96.5 cm³/mol. The fourth-order valence-electron chi connectivity index (χ4n) is 3.65. The van der Waals surface area contributed by atoms with Crippen molar-refractivity contribution in [3.8, 4) is 0 Å². The molecule has 24 heavy (non-hydrogen) atoms. The molecule has 0 unspecified atom stereocenters. The molecule has 4 rings (SSSR count). The maximum Gasteiger partial charge on any atom is 0.258 e. The van der Waals surface area contributed by atoms with Gasteiger partial charge in [0.05, 0.1) is 11.1 Å². The molecule has 2 aromatic carbocycles. The van der Waals surface area contributed by atoms with E-state index in [4.69, 9.17) is 0 Å². The Morgan fingerprint density at radius 3 is 2.42 bits per heavy atom. The average molecular weight is 320 g/mol. The third kappa shape index (κ3) is 2.39. The molecule has 0 saturated carbocycles. The summed E-state index contributed by atoms with van der Waals surface area (Å²) in [5.41, 5.74) is 1.36. The Morgan fingerprint density at radius 2 is 1.54 bits per heavy atom. The van der Waals surface area contributed by atoms with Crippen molar-refractivity contribution in [1.29, 1.82) is 0 Å². The maximum atomic E-state index is 13.0. The van der Waals surface area contributed by atoms with Crippen LogP contribution in [0, 0.1) is 0 Å². The van der Waals surface area contributed by atoms with Crippen LogP contribution in [-0.2, 0) is 6.54 Å². The first-order valence-electron chi connectivity index (χ1n) is 8.60. The summed E-state index contributed by atoms with van der Waals surface area (Å²) < 4.78 is 1.80. The molecule has 0 atom stereocenters. The van der Waals surface area contributed by atoms with E-state index in [9.17, 15) is 9.59 Å². The predicted octanol–water partition coefficient (Wildman–Crippen LogP) is 3.46. The zero-order valence-corrected chi connectivity index (χ0v) is 13.5. The van der Waals surface area contributed by atoms with E-state index in [1.165, 1.54) is 0 Å². The van der Waals surface area contributed by atoms with Gasteiger partial charge in [-0.1, -0.05) is 43.2 Å². The number of hydrogen-bond acceptors (Lipinski definition) is 2. The highest BCUT2D eigenvalue weighted by Gasteiger charge is 2.17. The molecule has 0 saturated heterocycles. The number of rotatable bonds is 0. The van der Waals surface area contributed by atoms with Crippen LogP contribution in [0.3, 0.4) is 0 Å². The summed E-state index contributed by atoms with van der Waals surface area (Å²) in [6, 6.07) is 13.4. The molecular weight excluding hydrogens is 300 g/mol. The van der Waals surface area contributed by atoms with Crippen molar-refractivity contribution < 1.29 is 4.79 Å². The standard InChI is InChI=1S/C20H20N2O2/c23-19-17-11-7-10-15-14-8-3-4-9-16(14)20(24)22(18(15)17)13-6-2-1-5-12-21-19/h3-4,7-11H,1-2,5-6,12-13H2,(H,21,23). The van der Waals surface area contributed by atoms with Crippen LogP contribution in [0.15, 0.2) is 47.3 Å². The van der Waals surface area contributed by atoms with Crippen LogP contribution in [0.25, 0.3) is 21.7 Å². The van der Waals surface area contributed by atoms with Crippen LogP contribution in [-0.4, -0.2) is 17.0 Å². The lowest BCUT2D eigenvalue weighted by atomic mass is 10.0. The van der Waals surface area contributed by atoms with Crippen molar-refractivity contribution in [2.45, 2.75) is 32.2 Å². The average Bonchev–Trinajstić information content (AvgIpc) is 2.65. The summed E-state index contributed by atoms with van der Waals surface area (Å²) in [5, 5.41) is 5.60. The molecule has 0 bridgehead atoms. The summed E-state index contributed by atoms with van der Waals surface area (Å²) in [6.45, 7) is 1.34. The van der Waals surface area contributed by atoms with Crippen LogP contribution >= 0.6 is 0 Å². The summed E-state index contributed by atoms with van der Waals surface area (Å²) in [6.07, 6.45) is 4.08. The smallest absolute Gasteiger partial charge is 0.258 e. The number of fused-ring (bicyclic) bond motifs is 2. The third-order valence-electron chi connectivity index (χ3n) is 4.84. The number of hydrogen-bond donors (Lipinski definition) is 1. The summed E-state index contributed by atoms with van der Waals surface area (Å²) >= 11 is 0. The van der Waals surface area contributed by atoms with Gasteiger partial charge in [-0.2, -0.15) is 0 Å². The van der Waals surface area contributed by atoms with Crippen LogP contribution in [0.1, 0.15) is 36.0 Å². The van der Waals surface area contributed by atoms with Gasteiger partial charge in [0.1, 0.15) is 0 Å². The molecule has 3 aromatic rings. The zero-order valence-electron chi connectivity index (χ0n) is 13.5. The number of benzene rings is 2. The number of nitrogens with zero attached hydrogens (tertiary/aromatic N) is 1. The molecule has 1 N–H and O–H groups in total. The summed E-state index contributed by atoms with van der Waals surface area (Å²) in [7, 11) is 0. The molecule has 0 fully saturated rings. The van der Waals surface area contributed by atoms with Crippen LogP contribution in [0.5, 0.6) is 0 Å². The molecule has 2 heterocycles. The van der Waals surface area contributed by atoms with Crippen LogP contribution in [0.2, 0.25) is 0 Å². The number of carbonyl (C=O) groups excluding carboxylic acids is 1. The number of carbonyl (C=O) groups is 1. The van der Waals surface area contributed by atoms with Gasteiger partial charge in [-0.25, -0.2) is 0 Å². The van der Waals surface area contributed by atoms with E-state index in [1.54, 1.807) is 4.57 Å². The van der Waals surface area contributed by atoms with Crippen molar-refractivity contribution in [3.63, 3.8) is 0 Å². The first-order valence-corrected chi connectivity index (χ1v) is 8.60. The SMILES string of the molecule is O=C1NCCCCCCn2c(=O)c3ccccc3c3cccc1c32. The van der Waals surface area contributed by atoms with Crippen molar-refractivity contribution in [1.82, 2.24) is 9.88 Å². The molecular formula is C20H20N2O2. The van der Waals surface area contributed by atoms with Gasteiger partial charge in [-0.05, 0) is 30.4 Å². The number of amides is 1. The van der Waals surface area contributed by atoms with Gasteiger partial charge in [0.25, 0.3) is 11.5 Å². The quantitative estimate of drug-likeness (QED) is 0.645. The molecule has 4 nitrogen and oxygen atoms in total. The molecule has 1 aromatic heterocycles. The molecule has 1 amide bonds. The fraction of sp³-hybridized carbons (Fsp3) is 0.300.